The van der Waals surface area contributed by atoms with Crippen molar-refractivity contribution in [3.8, 4) is 5.69 Å². The molecule has 0 aliphatic carbocycles. The van der Waals surface area contributed by atoms with Crippen LogP contribution in [0, 0.1) is 5.92 Å². The first-order valence-corrected chi connectivity index (χ1v) is 8.00. The molecule has 0 aliphatic heterocycles. The van der Waals surface area contributed by atoms with Gasteiger partial charge in [-0.2, -0.15) is 5.10 Å². The fourth-order valence-electron chi connectivity index (χ4n) is 2.33. The maximum absolute atomic E-state index is 12.0. The molecule has 0 bridgehead atoms. The third-order valence-electron chi connectivity index (χ3n) is 4.39. The van der Waals surface area contributed by atoms with Gasteiger partial charge < -0.3 is 10.4 Å². The van der Waals surface area contributed by atoms with Crippen LogP contribution in [0.3, 0.4) is 0 Å². The van der Waals surface area contributed by atoms with Crippen LogP contribution in [0.4, 0.5) is 0 Å². The average Bonchev–Trinajstić information content (AvgIpc) is 3.07. The first-order valence-electron chi connectivity index (χ1n) is 8.00. The van der Waals surface area contributed by atoms with Crippen LogP contribution < -0.4 is 5.32 Å². The maximum atomic E-state index is 12.0. The predicted molar refractivity (Wildman–Crippen MR) is 90.4 cm³/mol. The van der Waals surface area contributed by atoms with Crippen molar-refractivity contribution in [3.63, 3.8) is 0 Å². The van der Waals surface area contributed by atoms with Crippen LogP contribution >= 0.6 is 0 Å². The van der Waals surface area contributed by atoms with Gasteiger partial charge in [0.05, 0.1) is 17.7 Å². The van der Waals surface area contributed by atoms with E-state index in [1.807, 2.05) is 50.4 Å². The largest absolute Gasteiger partial charge is 0.388 e. The van der Waals surface area contributed by atoms with Crippen LogP contribution in [-0.4, -0.2) is 32.9 Å². The SMILES string of the molecule is CCC(C)C(C)(O)CNC(=O)Cc1ccc(-n2cccn2)cc1. The van der Waals surface area contributed by atoms with Gasteiger partial charge in [-0.3, -0.25) is 4.79 Å². The number of hydrogen-bond donors (Lipinski definition) is 2. The normalized spacial score (nSPS) is 15.0. The fraction of sp³-hybridized carbons (Fsp3) is 0.444. The van der Waals surface area contributed by atoms with Crippen LogP contribution in [0.2, 0.25) is 0 Å². The Morgan fingerprint density at radius 1 is 1.39 bits per heavy atom. The molecule has 23 heavy (non-hydrogen) atoms. The molecule has 1 aromatic heterocycles. The number of amides is 1. The third kappa shape index (κ3) is 4.66. The summed E-state index contributed by atoms with van der Waals surface area (Å²) in [6.45, 7) is 6.05. The smallest absolute Gasteiger partial charge is 0.224 e. The lowest BCUT2D eigenvalue weighted by Crippen LogP contribution is -2.45. The number of rotatable bonds is 7. The van der Waals surface area contributed by atoms with E-state index in [1.54, 1.807) is 17.8 Å². The zero-order chi connectivity index (χ0) is 16.9. The lowest BCUT2D eigenvalue weighted by Gasteiger charge is -2.29. The summed E-state index contributed by atoms with van der Waals surface area (Å²) in [7, 11) is 0. The van der Waals surface area contributed by atoms with Gasteiger partial charge in [0.15, 0.2) is 0 Å². The fourth-order valence-corrected chi connectivity index (χ4v) is 2.33. The Morgan fingerprint density at radius 3 is 2.65 bits per heavy atom. The summed E-state index contributed by atoms with van der Waals surface area (Å²) in [6.07, 6.45) is 4.77. The summed E-state index contributed by atoms with van der Waals surface area (Å²) in [4.78, 5) is 12.0. The van der Waals surface area contributed by atoms with Gasteiger partial charge in [0.25, 0.3) is 0 Å². The van der Waals surface area contributed by atoms with E-state index in [0.29, 0.717) is 6.42 Å². The minimum atomic E-state index is -0.881. The number of carbonyl (C=O) groups is 1. The number of aromatic nitrogens is 2. The molecule has 2 atom stereocenters. The maximum Gasteiger partial charge on any atom is 0.224 e. The zero-order valence-electron chi connectivity index (χ0n) is 14.0. The van der Waals surface area contributed by atoms with Crippen molar-refractivity contribution in [2.45, 2.75) is 39.2 Å². The van der Waals surface area contributed by atoms with Crippen molar-refractivity contribution in [3.05, 3.63) is 48.3 Å². The first kappa shape index (κ1) is 17.2. The van der Waals surface area contributed by atoms with Crippen molar-refractivity contribution >= 4 is 5.91 Å². The summed E-state index contributed by atoms with van der Waals surface area (Å²) in [5.74, 6) is 0.0524. The Bertz CT molecular complexity index is 618. The number of nitrogens with zero attached hydrogens (tertiary/aromatic N) is 2. The second kappa shape index (κ2) is 7.42. The molecule has 2 N–H and O–H groups in total. The Hall–Kier alpha value is -2.14. The van der Waals surface area contributed by atoms with Crippen LogP contribution in [0.15, 0.2) is 42.7 Å². The van der Waals surface area contributed by atoms with Crippen molar-refractivity contribution in [1.29, 1.82) is 0 Å². The van der Waals surface area contributed by atoms with E-state index >= 15 is 0 Å². The molecular weight excluding hydrogens is 290 g/mol. The van der Waals surface area contributed by atoms with Crippen molar-refractivity contribution in [1.82, 2.24) is 15.1 Å². The monoisotopic (exact) mass is 315 g/mol. The lowest BCUT2D eigenvalue weighted by molar-refractivity contribution is -0.122. The van der Waals surface area contributed by atoms with Crippen molar-refractivity contribution < 1.29 is 9.90 Å². The number of hydrogen-bond acceptors (Lipinski definition) is 3. The lowest BCUT2D eigenvalue weighted by atomic mass is 9.88. The Balaban J connectivity index is 1.88. The zero-order valence-corrected chi connectivity index (χ0v) is 14.0. The first-order chi connectivity index (χ1) is 10.9. The van der Waals surface area contributed by atoms with Crippen LogP contribution in [0.1, 0.15) is 32.8 Å². The van der Waals surface area contributed by atoms with Crippen LogP contribution in [0.5, 0.6) is 0 Å². The molecule has 0 saturated carbocycles. The Labute approximate surface area is 137 Å². The molecule has 0 radical (unpaired) electrons. The molecule has 0 fully saturated rings. The average molecular weight is 315 g/mol. The van der Waals surface area contributed by atoms with Crippen LogP contribution in [-0.2, 0) is 11.2 Å². The van der Waals surface area contributed by atoms with E-state index in [0.717, 1.165) is 17.7 Å². The molecule has 1 aromatic carbocycles. The second-order valence-corrected chi connectivity index (χ2v) is 6.24. The van der Waals surface area contributed by atoms with Gasteiger partial charge in [-0.25, -0.2) is 4.68 Å². The molecule has 5 heteroatoms. The summed E-state index contributed by atoms with van der Waals surface area (Å²) >= 11 is 0. The summed E-state index contributed by atoms with van der Waals surface area (Å²) < 4.78 is 1.77. The number of nitrogens with one attached hydrogen (secondary N) is 1. The summed E-state index contributed by atoms with van der Waals surface area (Å²) in [6, 6.07) is 9.58. The highest BCUT2D eigenvalue weighted by molar-refractivity contribution is 5.78. The van der Waals surface area contributed by atoms with E-state index in [1.165, 1.54) is 0 Å². The van der Waals surface area contributed by atoms with E-state index < -0.39 is 5.60 Å². The second-order valence-electron chi connectivity index (χ2n) is 6.24. The topological polar surface area (TPSA) is 67.2 Å². The van der Waals surface area contributed by atoms with Crippen LogP contribution in [0.25, 0.3) is 5.69 Å². The number of aliphatic hydroxyl groups is 1. The van der Waals surface area contributed by atoms with E-state index in [4.69, 9.17) is 0 Å². The molecule has 2 unspecified atom stereocenters. The summed E-state index contributed by atoms with van der Waals surface area (Å²) in [5, 5.41) is 17.3. The Morgan fingerprint density at radius 2 is 2.09 bits per heavy atom. The van der Waals surface area contributed by atoms with E-state index in [2.05, 4.69) is 10.4 Å². The number of carbonyl (C=O) groups excluding carboxylic acids is 1. The number of benzene rings is 1. The molecule has 124 valence electrons. The highest BCUT2D eigenvalue weighted by Crippen LogP contribution is 2.18. The van der Waals surface area contributed by atoms with Crippen molar-refractivity contribution in [2.75, 3.05) is 6.54 Å². The van der Waals surface area contributed by atoms with Gasteiger partial charge in [-0.15, -0.1) is 0 Å². The van der Waals surface area contributed by atoms with Gasteiger partial charge in [-0.1, -0.05) is 32.4 Å². The van der Waals surface area contributed by atoms with Gasteiger partial charge in [0.1, 0.15) is 0 Å². The van der Waals surface area contributed by atoms with E-state index in [9.17, 15) is 9.90 Å². The molecular formula is C18H25N3O2. The van der Waals surface area contributed by atoms with E-state index in [-0.39, 0.29) is 18.4 Å². The van der Waals surface area contributed by atoms with Gasteiger partial charge >= 0.3 is 0 Å². The van der Waals surface area contributed by atoms with Gasteiger partial charge in [-0.05, 0) is 36.6 Å². The highest BCUT2D eigenvalue weighted by Gasteiger charge is 2.27. The molecule has 2 rings (SSSR count). The molecule has 1 amide bonds. The highest BCUT2D eigenvalue weighted by atomic mass is 16.3. The molecule has 2 aromatic rings. The third-order valence-corrected chi connectivity index (χ3v) is 4.39. The molecule has 0 spiro atoms. The molecule has 5 nitrogen and oxygen atoms in total. The van der Waals surface area contributed by atoms with Crippen molar-refractivity contribution in [2.24, 2.45) is 5.92 Å². The molecule has 0 saturated heterocycles. The standard InChI is InChI=1S/C18H25N3O2/c1-4-14(2)18(3,23)13-19-17(22)12-15-6-8-16(9-7-15)21-11-5-10-20-21/h5-11,14,23H,4,12-13H2,1-3H3,(H,19,22). The van der Waals surface area contributed by atoms with Gasteiger partial charge in [0, 0.05) is 18.9 Å². The minimum Gasteiger partial charge on any atom is -0.388 e. The summed E-state index contributed by atoms with van der Waals surface area (Å²) in [5.41, 5.74) is 1.01. The molecule has 1 heterocycles. The molecule has 0 aliphatic rings. The van der Waals surface area contributed by atoms with Gasteiger partial charge in [0.2, 0.25) is 5.91 Å². The minimum absolute atomic E-state index is 0.0829. The Kier molecular flexibility index (Phi) is 5.55. The quantitative estimate of drug-likeness (QED) is 0.824. The predicted octanol–water partition coefficient (Wildman–Crippen LogP) is 2.33.